The minimum absolute atomic E-state index is 1.05. The zero-order valence-corrected chi connectivity index (χ0v) is 18.3. The Bertz CT molecular complexity index is 1240. The predicted octanol–water partition coefficient (Wildman–Crippen LogP) is 6.48. The lowest BCUT2D eigenvalue weighted by Crippen LogP contribution is -2.30. The highest BCUT2D eigenvalue weighted by atomic mass is 15.1. The first-order valence-electron chi connectivity index (χ1n) is 10.8. The summed E-state index contributed by atoms with van der Waals surface area (Å²) in [5.74, 6) is 0. The maximum atomic E-state index is 2.27. The first-order valence-corrected chi connectivity index (χ1v) is 10.8. The van der Waals surface area contributed by atoms with E-state index in [0.29, 0.717) is 0 Å². The van der Waals surface area contributed by atoms with E-state index in [9.17, 15) is 0 Å². The maximum Gasteiger partial charge on any atom is 0.213 e. The normalized spacial score (nSPS) is 12.2. The number of pyridine rings is 1. The van der Waals surface area contributed by atoms with Gasteiger partial charge in [0.15, 0.2) is 0 Å². The van der Waals surface area contributed by atoms with Crippen LogP contribution in [0.2, 0.25) is 0 Å². The van der Waals surface area contributed by atoms with E-state index in [1.165, 1.54) is 49.9 Å². The second-order valence-electron chi connectivity index (χ2n) is 8.21. The molecule has 0 fully saturated rings. The Labute approximate surface area is 184 Å². The van der Waals surface area contributed by atoms with Gasteiger partial charge in [-0.05, 0) is 47.9 Å². The zero-order valence-electron chi connectivity index (χ0n) is 18.3. The molecule has 0 radical (unpaired) electrons. The fourth-order valence-corrected chi connectivity index (χ4v) is 4.75. The minimum atomic E-state index is 1.05. The van der Waals surface area contributed by atoms with E-state index in [-0.39, 0.29) is 0 Å². The summed E-state index contributed by atoms with van der Waals surface area (Å²) in [6, 6.07) is 34.3. The van der Waals surface area contributed by atoms with Gasteiger partial charge in [0.2, 0.25) is 11.0 Å². The van der Waals surface area contributed by atoms with E-state index in [0.717, 1.165) is 6.42 Å². The van der Waals surface area contributed by atoms with Crippen LogP contribution in [0.25, 0.3) is 21.8 Å². The molecule has 6 rings (SSSR count). The molecule has 0 amide bonds. The smallest absolute Gasteiger partial charge is 0.213 e. The molecule has 0 atom stereocenters. The molecular formula is C29H27N2+. The quantitative estimate of drug-likeness (QED) is 0.212. The van der Waals surface area contributed by atoms with Crippen molar-refractivity contribution < 1.29 is 4.57 Å². The molecule has 2 heterocycles. The van der Waals surface area contributed by atoms with Crippen molar-refractivity contribution >= 4 is 33.2 Å². The Morgan fingerprint density at radius 2 is 1.03 bits per heavy atom. The van der Waals surface area contributed by atoms with E-state index < -0.39 is 0 Å². The van der Waals surface area contributed by atoms with Crippen molar-refractivity contribution in [1.29, 1.82) is 0 Å². The summed E-state index contributed by atoms with van der Waals surface area (Å²) in [7, 11) is 4.26. The average Bonchev–Trinajstić information content (AvgIpc) is 2.83. The van der Waals surface area contributed by atoms with Gasteiger partial charge in [-0.3, -0.25) is 0 Å². The number of hydrogen-bond acceptors (Lipinski definition) is 1. The Morgan fingerprint density at radius 3 is 1.55 bits per heavy atom. The lowest BCUT2D eigenvalue weighted by molar-refractivity contribution is -0.617. The van der Waals surface area contributed by atoms with Gasteiger partial charge in [0.1, 0.15) is 7.05 Å². The lowest BCUT2D eigenvalue weighted by atomic mass is 9.96. The van der Waals surface area contributed by atoms with Crippen LogP contribution in [0.3, 0.4) is 0 Å². The van der Waals surface area contributed by atoms with Gasteiger partial charge in [-0.15, -0.1) is 0 Å². The molecule has 1 aliphatic rings. The van der Waals surface area contributed by atoms with Gasteiger partial charge in [-0.1, -0.05) is 60.7 Å². The lowest BCUT2D eigenvalue weighted by Gasteiger charge is -2.29. The van der Waals surface area contributed by atoms with Gasteiger partial charge in [0, 0.05) is 47.7 Å². The predicted molar refractivity (Wildman–Crippen MR) is 131 cm³/mol. The zero-order chi connectivity index (χ0) is 21.4. The summed E-state index contributed by atoms with van der Waals surface area (Å²) in [5.41, 5.74) is 9.44. The molecule has 4 aromatic carbocycles. The summed E-state index contributed by atoms with van der Waals surface area (Å²) >= 11 is 0. The standard InChI is InChI=1S/C15H14N.C14H13N/c1-11-12-7-3-5-9-14(12)16(2)15-10-6-4-8-13(11)15;1-15-13-8-4-2-6-11(13)10-12-7-3-5-9-14(12)15/h3-10H,1-2H3;2-9H,10H2,1H3/q+1;. The van der Waals surface area contributed by atoms with Gasteiger partial charge in [0.25, 0.3) is 0 Å². The maximum absolute atomic E-state index is 2.27. The third-order valence-electron chi connectivity index (χ3n) is 6.43. The second kappa shape index (κ2) is 7.88. The summed E-state index contributed by atoms with van der Waals surface area (Å²) in [5, 5.41) is 2.67. The highest BCUT2D eigenvalue weighted by Crippen LogP contribution is 2.36. The minimum Gasteiger partial charge on any atom is -0.344 e. The Hall–Kier alpha value is -3.65. The summed E-state index contributed by atoms with van der Waals surface area (Å²) < 4.78 is 2.26. The Morgan fingerprint density at radius 1 is 0.613 bits per heavy atom. The molecular weight excluding hydrogens is 376 g/mol. The first-order chi connectivity index (χ1) is 15.1. The van der Waals surface area contributed by atoms with E-state index in [1.807, 2.05) is 0 Å². The number of aromatic nitrogens is 1. The number of fused-ring (bicyclic) bond motifs is 4. The molecule has 5 aromatic rings. The van der Waals surface area contributed by atoms with Crippen molar-refractivity contribution in [3.8, 4) is 0 Å². The number of para-hydroxylation sites is 4. The first kappa shape index (κ1) is 19.3. The number of rotatable bonds is 0. The van der Waals surface area contributed by atoms with Crippen LogP contribution in [0.1, 0.15) is 16.7 Å². The molecule has 152 valence electrons. The van der Waals surface area contributed by atoms with Crippen LogP contribution in [-0.4, -0.2) is 7.05 Å². The van der Waals surface area contributed by atoms with E-state index >= 15 is 0 Å². The fraction of sp³-hybridized carbons (Fsp3) is 0.138. The monoisotopic (exact) mass is 403 g/mol. The van der Waals surface area contributed by atoms with Crippen LogP contribution in [0.5, 0.6) is 0 Å². The molecule has 2 nitrogen and oxygen atoms in total. The van der Waals surface area contributed by atoms with Crippen LogP contribution in [0.4, 0.5) is 11.4 Å². The summed E-state index contributed by atoms with van der Waals surface area (Å²) in [4.78, 5) is 2.27. The van der Waals surface area contributed by atoms with Gasteiger partial charge < -0.3 is 4.90 Å². The molecule has 2 heteroatoms. The number of benzene rings is 4. The van der Waals surface area contributed by atoms with Crippen LogP contribution in [-0.2, 0) is 13.5 Å². The van der Waals surface area contributed by atoms with Crippen molar-refractivity contribution in [3.05, 3.63) is 114 Å². The van der Waals surface area contributed by atoms with Crippen molar-refractivity contribution in [2.45, 2.75) is 13.3 Å². The summed E-state index contributed by atoms with van der Waals surface area (Å²) in [6.07, 6.45) is 1.05. The molecule has 0 bridgehead atoms. The third-order valence-corrected chi connectivity index (χ3v) is 6.43. The van der Waals surface area contributed by atoms with Crippen LogP contribution >= 0.6 is 0 Å². The SMILES string of the molecule is CN1c2ccccc2Cc2ccccc21.Cc1c2ccccc2[n+](C)c2ccccc12. The number of hydrogen-bond donors (Lipinski definition) is 0. The van der Waals surface area contributed by atoms with Crippen molar-refractivity contribution in [2.75, 3.05) is 11.9 Å². The molecule has 0 saturated carbocycles. The Kier molecular flexibility index (Phi) is 4.91. The van der Waals surface area contributed by atoms with Gasteiger partial charge in [-0.25, -0.2) is 0 Å². The van der Waals surface area contributed by atoms with E-state index in [2.05, 4.69) is 128 Å². The highest BCUT2D eigenvalue weighted by molar-refractivity contribution is 5.93. The molecule has 1 aliphatic heterocycles. The molecule has 0 saturated heterocycles. The van der Waals surface area contributed by atoms with Crippen LogP contribution in [0, 0.1) is 6.92 Å². The molecule has 0 N–H and O–H groups in total. The third kappa shape index (κ3) is 3.34. The van der Waals surface area contributed by atoms with Crippen molar-refractivity contribution in [3.63, 3.8) is 0 Å². The second-order valence-corrected chi connectivity index (χ2v) is 8.21. The topological polar surface area (TPSA) is 7.12 Å². The van der Waals surface area contributed by atoms with E-state index in [4.69, 9.17) is 0 Å². The van der Waals surface area contributed by atoms with Gasteiger partial charge in [-0.2, -0.15) is 4.57 Å². The van der Waals surface area contributed by atoms with Gasteiger partial charge in [0.05, 0.1) is 0 Å². The Balaban J connectivity index is 0.000000132. The number of nitrogens with zero attached hydrogens (tertiary/aromatic N) is 2. The molecule has 0 spiro atoms. The van der Waals surface area contributed by atoms with Crippen molar-refractivity contribution in [1.82, 2.24) is 0 Å². The number of anilines is 2. The van der Waals surface area contributed by atoms with Crippen molar-refractivity contribution in [2.24, 2.45) is 7.05 Å². The highest BCUT2D eigenvalue weighted by Gasteiger charge is 2.18. The van der Waals surface area contributed by atoms with E-state index in [1.54, 1.807) is 0 Å². The largest absolute Gasteiger partial charge is 0.344 e. The van der Waals surface area contributed by atoms with Crippen LogP contribution in [0.15, 0.2) is 97.1 Å². The molecule has 0 unspecified atom stereocenters. The fourth-order valence-electron chi connectivity index (χ4n) is 4.75. The average molecular weight is 404 g/mol. The van der Waals surface area contributed by atoms with Crippen LogP contribution < -0.4 is 9.47 Å². The van der Waals surface area contributed by atoms with Gasteiger partial charge >= 0.3 is 0 Å². The molecule has 31 heavy (non-hydrogen) atoms. The molecule has 0 aliphatic carbocycles. The summed E-state index contributed by atoms with van der Waals surface area (Å²) in [6.45, 7) is 2.20. The molecule has 1 aromatic heterocycles. The number of aryl methyl sites for hydroxylation is 2.